The molecule has 1 saturated carbocycles. The SMILES string of the molecule is O=C(N[C@@H](CCCCN[C@@H]1C[C@H]1c1ccc(F)cc1)C(=O)N1CCCCC1)c1ccc(C(F)(F)F)cc1. The van der Waals surface area contributed by atoms with Crippen LogP contribution in [0.3, 0.4) is 0 Å². The zero-order valence-electron chi connectivity index (χ0n) is 20.7. The first-order chi connectivity index (χ1) is 17.7. The summed E-state index contributed by atoms with van der Waals surface area (Å²) in [6.07, 6.45) is 1.41. The van der Waals surface area contributed by atoms with Crippen LogP contribution in [0.5, 0.6) is 0 Å². The van der Waals surface area contributed by atoms with Crippen molar-refractivity contribution >= 4 is 11.8 Å². The summed E-state index contributed by atoms with van der Waals surface area (Å²) in [4.78, 5) is 27.7. The maximum atomic E-state index is 13.2. The van der Waals surface area contributed by atoms with E-state index in [0.29, 0.717) is 37.9 Å². The van der Waals surface area contributed by atoms with E-state index in [4.69, 9.17) is 0 Å². The molecule has 2 fully saturated rings. The van der Waals surface area contributed by atoms with Crippen molar-refractivity contribution in [2.75, 3.05) is 19.6 Å². The average molecular weight is 520 g/mol. The molecule has 9 heteroatoms. The topological polar surface area (TPSA) is 61.4 Å². The number of piperidine rings is 1. The summed E-state index contributed by atoms with van der Waals surface area (Å²) in [5.74, 6) is -0.543. The third-order valence-electron chi connectivity index (χ3n) is 7.16. The number of nitrogens with zero attached hydrogens (tertiary/aromatic N) is 1. The maximum Gasteiger partial charge on any atom is 0.416 e. The molecule has 2 aliphatic rings. The number of unbranched alkanes of at least 4 members (excludes halogenated alkanes) is 1. The predicted molar refractivity (Wildman–Crippen MR) is 133 cm³/mol. The molecule has 0 bridgehead atoms. The molecule has 2 amide bonds. The Morgan fingerprint density at radius 3 is 2.27 bits per heavy atom. The van der Waals surface area contributed by atoms with Crippen LogP contribution >= 0.6 is 0 Å². The second kappa shape index (κ2) is 12.1. The maximum absolute atomic E-state index is 13.2. The number of halogens is 4. The van der Waals surface area contributed by atoms with Gasteiger partial charge in [-0.15, -0.1) is 0 Å². The number of likely N-dealkylation sites (tertiary alicyclic amines) is 1. The Morgan fingerprint density at radius 1 is 0.946 bits per heavy atom. The lowest BCUT2D eigenvalue weighted by Gasteiger charge is -2.31. The molecule has 37 heavy (non-hydrogen) atoms. The molecule has 1 aliphatic carbocycles. The molecule has 200 valence electrons. The normalized spacial score (nSPS) is 20.4. The fraction of sp³-hybridized carbons (Fsp3) is 0.500. The molecule has 0 spiro atoms. The molecule has 1 aliphatic heterocycles. The van der Waals surface area contributed by atoms with Crippen LogP contribution in [0, 0.1) is 5.82 Å². The van der Waals surface area contributed by atoms with Crippen LogP contribution in [0.15, 0.2) is 48.5 Å². The van der Waals surface area contributed by atoms with Crippen molar-refractivity contribution in [1.82, 2.24) is 15.5 Å². The zero-order chi connectivity index (χ0) is 26.4. The molecule has 0 radical (unpaired) electrons. The highest BCUT2D eigenvalue weighted by molar-refractivity contribution is 5.97. The Bertz CT molecular complexity index is 1050. The molecule has 4 rings (SSSR count). The number of nitrogens with one attached hydrogen (secondary N) is 2. The van der Waals surface area contributed by atoms with Crippen molar-refractivity contribution in [3.8, 4) is 0 Å². The highest BCUT2D eigenvalue weighted by atomic mass is 19.4. The van der Waals surface area contributed by atoms with E-state index < -0.39 is 23.7 Å². The summed E-state index contributed by atoms with van der Waals surface area (Å²) in [5, 5.41) is 6.27. The van der Waals surface area contributed by atoms with Crippen LogP contribution in [0.2, 0.25) is 0 Å². The first-order valence-corrected chi connectivity index (χ1v) is 13.0. The molecule has 0 unspecified atom stereocenters. The van der Waals surface area contributed by atoms with Crippen molar-refractivity contribution in [3.63, 3.8) is 0 Å². The van der Waals surface area contributed by atoms with Gasteiger partial charge < -0.3 is 15.5 Å². The van der Waals surface area contributed by atoms with Crippen LogP contribution in [0.25, 0.3) is 0 Å². The standard InChI is InChI=1S/C28H33F4N3O2/c29-22-13-9-19(10-14-22)23-18-25(23)33-15-3-2-6-24(27(37)35-16-4-1-5-17-35)34-26(36)20-7-11-21(12-8-20)28(30,31)32/h7-14,23-25,33H,1-6,15-18H2,(H,34,36)/t23-,24-,25+/m0/s1. The number of carbonyl (C=O) groups is 2. The third kappa shape index (κ3) is 7.53. The lowest BCUT2D eigenvalue weighted by atomic mass is 10.0. The van der Waals surface area contributed by atoms with E-state index >= 15 is 0 Å². The molecule has 0 aromatic heterocycles. The number of hydrogen-bond acceptors (Lipinski definition) is 3. The van der Waals surface area contributed by atoms with Gasteiger partial charge in [0, 0.05) is 30.6 Å². The quantitative estimate of drug-likeness (QED) is 0.332. The fourth-order valence-corrected chi connectivity index (χ4v) is 4.90. The van der Waals surface area contributed by atoms with Crippen LogP contribution in [-0.4, -0.2) is 48.4 Å². The van der Waals surface area contributed by atoms with Gasteiger partial charge in [0.15, 0.2) is 0 Å². The lowest BCUT2D eigenvalue weighted by Crippen LogP contribution is -2.50. The summed E-state index contributed by atoms with van der Waals surface area (Å²) in [7, 11) is 0. The van der Waals surface area contributed by atoms with E-state index in [1.165, 1.54) is 12.1 Å². The number of alkyl halides is 3. The van der Waals surface area contributed by atoms with Crippen molar-refractivity contribution in [2.45, 2.75) is 69.1 Å². The highest BCUT2D eigenvalue weighted by Gasteiger charge is 2.37. The minimum Gasteiger partial charge on any atom is -0.341 e. The monoisotopic (exact) mass is 519 g/mol. The van der Waals surface area contributed by atoms with Gasteiger partial charge in [-0.05, 0) is 93.5 Å². The molecule has 5 nitrogen and oxygen atoms in total. The smallest absolute Gasteiger partial charge is 0.341 e. The van der Waals surface area contributed by atoms with E-state index in [-0.39, 0.29) is 17.3 Å². The summed E-state index contributed by atoms with van der Waals surface area (Å²) in [6, 6.07) is 10.2. The second-order valence-corrected chi connectivity index (χ2v) is 9.94. The Morgan fingerprint density at radius 2 is 1.62 bits per heavy atom. The van der Waals surface area contributed by atoms with Crippen LogP contribution in [0.1, 0.15) is 72.3 Å². The number of rotatable bonds is 10. The minimum atomic E-state index is -4.48. The van der Waals surface area contributed by atoms with E-state index in [2.05, 4.69) is 10.6 Å². The van der Waals surface area contributed by atoms with Crippen molar-refractivity contribution < 1.29 is 27.2 Å². The molecule has 2 aromatic rings. The summed E-state index contributed by atoms with van der Waals surface area (Å²) in [6.45, 7) is 2.07. The Hall–Kier alpha value is -2.94. The number of hydrogen-bond donors (Lipinski definition) is 2. The molecule has 2 aromatic carbocycles. The molecule has 1 heterocycles. The van der Waals surface area contributed by atoms with Gasteiger partial charge in [0.05, 0.1) is 5.56 Å². The molecular formula is C28H33F4N3O2. The lowest BCUT2D eigenvalue weighted by molar-refractivity contribution is -0.137. The van der Waals surface area contributed by atoms with Crippen LogP contribution < -0.4 is 10.6 Å². The van der Waals surface area contributed by atoms with Gasteiger partial charge in [-0.2, -0.15) is 13.2 Å². The van der Waals surface area contributed by atoms with Crippen molar-refractivity contribution in [1.29, 1.82) is 0 Å². The number of benzene rings is 2. The summed E-state index contributed by atoms with van der Waals surface area (Å²) < 4.78 is 51.7. The van der Waals surface area contributed by atoms with Crippen molar-refractivity contribution in [2.24, 2.45) is 0 Å². The predicted octanol–water partition coefficient (Wildman–Crippen LogP) is 5.27. The zero-order valence-corrected chi connectivity index (χ0v) is 20.7. The van der Waals surface area contributed by atoms with Gasteiger partial charge in [-0.1, -0.05) is 12.1 Å². The Balaban J connectivity index is 1.28. The van der Waals surface area contributed by atoms with E-state index in [1.54, 1.807) is 4.90 Å². The first kappa shape index (κ1) is 27.1. The second-order valence-electron chi connectivity index (χ2n) is 9.94. The molecule has 3 atom stereocenters. The fourth-order valence-electron chi connectivity index (χ4n) is 4.90. The van der Waals surface area contributed by atoms with Crippen LogP contribution in [0.4, 0.5) is 17.6 Å². The molecule has 2 N–H and O–H groups in total. The first-order valence-electron chi connectivity index (χ1n) is 13.0. The number of amides is 2. The van der Waals surface area contributed by atoms with Gasteiger partial charge in [-0.25, -0.2) is 4.39 Å². The van der Waals surface area contributed by atoms with Crippen molar-refractivity contribution in [3.05, 3.63) is 71.0 Å². The highest BCUT2D eigenvalue weighted by Crippen LogP contribution is 2.40. The van der Waals surface area contributed by atoms with E-state index in [1.807, 2.05) is 12.1 Å². The van der Waals surface area contributed by atoms with Gasteiger partial charge in [0.2, 0.25) is 5.91 Å². The summed E-state index contributed by atoms with van der Waals surface area (Å²) in [5.41, 5.74) is 0.388. The average Bonchev–Trinajstić information content (AvgIpc) is 3.67. The minimum absolute atomic E-state index is 0.0895. The van der Waals surface area contributed by atoms with Gasteiger partial charge >= 0.3 is 6.18 Å². The van der Waals surface area contributed by atoms with Gasteiger partial charge in [-0.3, -0.25) is 9.59 Å². The third-order valence-corrected chi connectivity index (χ3v) is 7.16. The number of carbonyl (C=O) groups excluding carboxylic acids is 2. The largest absolute Gasteiger partial charge is 0.416 e. The van der Waals surface area contributed by atoms with E-state index in [9.17, 15) is 27.2 Å². The molecule has 1 saturated heterocycles. The van der Waals surface area contributed by atoms with E-state index in [0.717, 1.165) is 68.5 Å². The summed E-state index contributed by atoms with van der Waals surface area (Å²) >= 11 is 0. The Labute approximate surface area is 214 Å². The Kier molecular flexibility index (Phi) is 8.84. The van der Waals surface area contributed by atoms with Crippen LogP contribution in [-0.2, 0) is 11.0 Å². The molecular weight excluding hydrogens is 486 g/mol. The van der Waals surface area contributed by atoms with Gasteiger partial charge in [0.1, 0.15) is 11.9 Å². The van der Waals surface area contributed by atoms with Gasteiger partial charge in [0.25, 0.3) is 5.91 Å².